The fraction of sp³-hybridized carbons (Fsp3) is 0.348. The van der Waals surface area contributed by atoms with Crippen LogP contribution in [0.15, 0.2) is 54.6 Å². The predicted octanol–water partition coefficient (Wildman–Crippen LogP) is 3.40. The summed E-state index contributed by atoms with van der Waals surface area (Å²) in [7, 11) is 0. The molecule has 7 heteroatoms. The summed E-state index contributed by atoms with van der Waals surface area (Å²) in [5, 5.41) is 8.00. The maximum atomic E-state index is 12.1. The molecule has 0 atom stereocenters. The summed E-state index contributed by atoms with van der Waals surface area (Å²) >= 11 is 0. The van der Waals surface area contributed by atoms with Gasteiger partial charge in [0.1, 0.15) is 12.1 Å². The second-order valence-electron chi connectivity index (χ2n) is 7.86. The van der Waals surface area contributed by atoms with Crippen LogP contribution in [0.2, 0.25) is 0 Å². The number of alkyl carbamates (subject to hydrolysis) is 1. The number of rotatable bonds is 8. The van der Waals surface area contributed by atoms with Crippen molar-refractivity contribution >= 4 is 23.6 Å². The van der Waals surface area contributed by atoms with E-state index in [2.05, 4.69) is 16.0 Å². The molecule has 0 radical (unpaired) electrons. The van der Waals surface area contributed by atoms with Gasteiger partial charge in [-0.3, -0.25) is 9.59 Å². The van der Waals surface area contributed by atoms with E-state index in [1.165, 1.54) is 0 Å². The summed E-state index contributed by atoms with van der Waals surface area (Å²) < 4.78 is 5.07. The molecule has 0 aliphatic rings. The van der Waals surface area contributed by atoms with Crippen molar-refractivity contribution < 1.29 is 19.1 Å². The molecule has 2 aromatic rings. The first-order valence-corrected chi connectivity index (χ1v) is 9.87. The first-order chi connectivity index (χ1) is 14.2. The molecule has 0 aliphatic carbocycles. The Morgan fingerprint density at radius 2 is 1.50 bits per heavy atom. The van der Waals surface area contributed by atoms with E-state index in [0.717, 1.165) is 11.1 Å². The minimum Gasteiger partial charge on any atom is -0.444 e. The van der Waals surface area contributed by atoms with Crippen LogP contribution in [0, 0.1) is 0 Å². The quantitative estimate of drug-likeness (QED) is 0.620. The van der Waals surface area contributed by atoms with Crippen LogP contribution in [0.5, 0.6) is 0 Å². The van der Waals surface area contributed by atoms with Gasteiger partial charge in [0.05, 0.1) is 0 Å². The molecule has 30 heavy (non-hydrogen) atoms. The lowest BCUT2D eigenvalue weighted by Crippen LogP contribution is -2.39. The van der Waals surface area contributed by atoms with Crippen LogP contribution in [0.4, 0.5) is 10.5 Å². The van der Waals surface area contributed by atoms with Crippen LogP contribution >= 0.6 is 0 Å². The summed E-state index contributed by atoms with van der Waals surface area (Å²) in [5.74, 6) is -0.368. The number of hydrogen-bond acceptors (Lipinski definition) is 4. The van der Waals surface area contributed by atoms with Gasteiger partial charge in [0, 0.05) is 18.7 Å². The van der Waals surface area contributed by atoms with Gasteiger partial charge in [-0.1, -0.05) is 42.5 Å². The van der Waals surface area contributed by atoms with Crippen LogP contribution in [0.25, 0.3) is 0 Å². The van der Waals surface area contributed by atoms with Crippen LogP contribution in [-0.2, 0) is 27.3 Å². The Labute approximate surface area is 177 Å². The maximum absolute atomic E-state index is 12.1. The molecule has 0 spiro atoms. The number of hydrogen-bond donors (Lipinski definition) is 3. The van der Waals surface area contributed by atoms with Gasteiger partial charge in [-0.05, 0) is 50.5 Å². The number of nitrogens with one attached hydrogen (secondary N) is 3. The minimum atomic E-state index is -0.634. The van der Waals surface area contributed by atoms with Gasteiger partial charge in [0.15, 0.2) is 0 Å². The van der Waals surface area contributed by atoms with E-state index in [1.807, 2.05) is 42.5 Å². The van der Waals surface area contributed by atoms with Crippen molar-refractivity contribution in [2.45, 2.75) is 45.8 Å². The number of aryl methyl sites for hydroxylation is 1. The molecule has 0 aliphatic heterocycles. The summed E-state index contributed by atoms with van der Waals surface area (Å²) in [5.41, 5.74) is 2.09. The van der Waals surface area contributed by atoms with Crippen molar-refractivity contribution in [2.24, 2.45) is 0 Å². The molecule has 0 saturated carbocycles. The van der Waals surface area contributed by atoms with Crippen molar-refractivity contribution in [3.05, 3.63) is 65.7 Å². The molecule has 0 saturated heterocycles. The number of anilines is 1. The fourth-order valence-corrected chi connectivity index (χ4v) is 2.56. The van der Waals surface area contributed by atoms with E-state index in [4.69, 9.17) is 4.74 Å². The van der Waals surface area contributed by atoms with Crippen molar-refractivity contribution in [3.8, 4) is 0 Å². The van der Waals surface area contributed by atoms with Crippen molar-refractivity contribution in [1.82, 2.24) is 10.6 Å². The third-order valence-corrected chi connectivity index (χ3v) is 4.00. The van der Waals surface area contributed by atoms with Crippen molar-refractivity contribution in [3.63, 3.8) is 0 Å². The molecular weight excluding hydrogens is 382 g/mol. The van der Waals surface area contributed by atoms with E-state index < -0.39 is 11.7 Å². The zero-order chi connectivity index (χ0) is 22.0. The molecule has 2 aromatic carbocycles. The van der Waals surface area contributed by atoms with Gasteiger partial charge in [0.2, 0.25) is 11.8 Å². The molecular formula is C23H29N3O4. The summed E-state index contributed by atoms with van der Waals surface area (Å²) in [4.78, 5) is 35.5. The highest BCUT2D eigenvalue weighted by Gasteiger charge is 2.16. The summed E-state index contributed by atoms with van der Waals surface area (Å²) in [6.07, 6.45) is 0.464. The third kappa shape index (κ3) is 9.23. The number of benzene rings is 2. The smallest absolute Gasteiger partial charge is 0.408 e. The Bertz CT molecular complexity index is 843. The van der Waals surface area contributed by atoms with E-state index >= 15 is 0 Å². The predicted molar refractivity (Wildman–Crippen MR) is 116 cm³/mol. The van der Waals surface area contributed by atoms with E-state index in [-0.39, 0.29) is 18.4 Å². The average Bonchev–Trinajstić information content (AvgIpc) is 2.70. The van der Waals surface area contributed by atoms with Gasteiger partial charge in [-0.15, -0.1) is 0 Å². The molecule has 0 fully saturated rings. The summed E-state index contributed by atoms with van der Waals surface area (Å²) in [6.45, 7) is 5.41. The monoisotopic (exact) mass is 411 g/mol. The van der Waals surface area contributed by atoms with Gasteiger partial charge in [-0.25, -0.2) is 4.79 Å². The molecule has 3 N–H and O–H groups in total. The molecule has 0 aromatic heterocycles. The second-order valence-corrected chi connectivity index (χ2v) is 7.86. The number of amides is 3. The van der Waals surface area contributed by atoms with Gasteiger partial charge in [-0.2, -0.15) is 0 Å². The number of carbonyl (C=O) groups is 3. The number of carbonyl (C=O) groups excluding carboxylic acids is 3. The molecule has 3 amide bonds. The molecule has 0 bridgehead atoms. The Hall–Kier alpha value is -3.35. The van der Waals surface area contributed by atoms with Crippen molar-refractivity contribution in [2.75, 3.05) is 11.9 Å². The largest absolute Gasteiger partial charge is 0.444 e. The number of ether oxygens (including phenoxy) is 1. The average molecular weight is 412 g/mol. The lowest BCUT2D eigenvalue weighted by atomic mass is 10.1. The molecule has 0 unspecified atom stereocenters. The summed E-state index contributed by atoms with van der Waals surface area (Å²) in [6, 6.07) is 17.1. The van der Waals surface area contributed by atoms with E-state index in [9.17, 15) is 14.4 Å². The van der Waals surface area contributed by atoms with Gasteiger partial charge >= 0.3 is 6.09 Å². The third-order valence-electron chi connectivity index (χ3n) is 4.00. The standard InChI is InChI=1S/C23H29N3O4/c1-23(2,3)30-22(29)25-16-21(28)24-15-18-9-12-19(13-10-18)26-20(27)14-11-17-7-5-4-6-8-17/h4-10,12-13H,11,14-16H2,1-3H3,(H,24,28)(H,25,29)(H,26,27). The highest BCUT2D eigenvalue weighted by molar-refractivity contribution is 5.90. The lowest BCUT2D eigenvalue weighted by Gasteiger charge is -2.19. The van der Waals surface area contributed by atoms with Gasteiger partial charge in [0.25, 0.3) is 0 Å². The van der Waals surface area contributed by atoms with Crippen molar-refractivity contribution in [1.29, 1.82) is 0 Å². The van der Waals surface area contributed by atoms with Gasteiger partial charge < -0.3 is 20.7 Å². The highest BCUT2D eigenvalue weighted by Crippen LogP contribution is 2.11. The SMILES string of the molecule is CC(C)(C)OC(=O)NCC(=O)NCc1ccc(NC(=O)CCc2ccccc2)cc1. The Morgan fingerprint density at radius 3 is 2.13 bits per heavy atom. The lowest BCUT2D eigenvalue weighted by molar-refractivity contribution is -0.120. The van der Waals surface area contributed by atoms with E-state index in [0.29, 0.717) is 25.1 Å². The Morgan fingerprint density at radius 1 is 0.833 bits per heavy atom. The van der Waals surface area contributed by atoms with Crippen LogP contribution in [0.1, 0.15) is 38.3 Å². The zero-order valence-electron chi connectivity index (χ0n) is 17.7. The van der Waals surface area contributed by atoms with E-state index in [1.54, 1.807) is 32.9 Å². The van der Waals surface area contributed by atoms with Crippen LogP contribution in [-0.4, -0.2) is 30.1 Å². The fourth-order valence-electron chi connectivity index (χ4n) is 2.56. The first kappa shape index (κ1) is 22.9. The minimum absolute atomic E-state index is 0.0480. The maximum Gasteiger partial charge on any atom is 0.408 e. The molecule has 7 nitrogen and oxygen atoms in total. The molecule has 160 valence electrons. The molecule has 2 rings (SSSR count). The normalized spacial score (nSPS) is 10.8. The second kappa shape index (κ2) is 11.0. The van der Waals surface area contributed by atoms with Crippen LogP contribution < -0.4 is 16.0 Å². The first-order valence-electron chi connectivity index (χ1n) is 9.87. The molecule has 0 heterocycles. The Kier molecular flexibility index (Phi) is 8.41. The zero-order valence-corrected chi connectivity index (χ0v) is 17.7. The topological polar surface area (TPSA) is 96.5 Å². The highest BCUT2D eigenvalue weighted by atomic mass is 16.6. The van der Waals surface area contributed by atoms with Crippen LogP contribution in [0.3, 0.4) is 0 Å². The Balaban J connectivity index is 1.69.